The number of aromatic nitrogens is 1. The van der Waals surface area contributed by atoms with Crippen LogP contribution >= 0.6 is 0 Å². The molecule has 6 nitrogen and oxygen atoms in total. The van der Waals surface area contributed by atoms with Crippen molar-refractivity contribution in [1.29, 1.82) is 0 Å². The molecule has 0 aliphatic carbocycles. The highest BCUT2D eigenvalue weighted by molar-refractivity contribution is 7.89. The molecule has 0 spiro atoms. The second-order valence-corrected chi connectivity index (χ2v) is 10.1. The Kier molecular flexibility index (Phi) is 5.93. The van der Waals surface area contributed by atoms with Crippen LogP contribution < -0.4 is 5.32 Å². The normalized spacial score (nSPS) is 17.5. The number of hydrogen-bond donors (Lipinski definition) is 1. The van der Waals surface area contributed by atoms with E-state index in [1.807, 2.05) is 20.8 Å². The highest BCUT2D eigenvalue weighted by atomic mass is 32.2. The molecule has 1 aliphatic rings. The Hall–Kier alpha value is -1.34. The Bertz CT molecular complexity index is 785. The first-order valence-corrected chi connectivity index (χ1v) is 10.8. The standard InChI is InChI=1S/C19H33N3O3S/c1-8-19(5,6)20-18(23)16-14(3)17(15(4)21(16)7)26(24,25)22-11-9-13(2)10-12-22/h13H,8-12H2,1-7H3,(H,20,23). The molecule has 7 heteroatoms. The first kappa shape index (κ1) is 21.0. The van der Waals surface area contributed by atoms with Gasteiger partial charge < -0.3 is 9.88 Å². The van der Waals surface area contributed by atoms with Crippen LogP contribution in [0, 0.1) is 19.8 Å². The van der Waals surface area contributed by atoms with Gasteiger partial charge in [0.1, 0.15) is 10.6 Å². The predicted molar refractivity (Wildman–Crippen MR) is 104 cm³/mol. The minimum Gasteiger partial charge on any atom is -0.346 e. The maximum Gasteiger partial charge on any atom is 0.268 e. The number of piperidine rings is 1. The van der Waals surface area contributed by atoms with E-state index in [1.54, 1.807) is 29.8 Å². The van der Waals surface area contributed by atoms with Crippen molar-refractivity contribution < 1.29 is 13.2 Å². The summed E-state index contributed by atoms with van der Waals surface area (Å²) in [7, 11) is -1.84. The van der Waals surface area contributed by atoms with Crippen LogP contribution in [0.4, 0.5) is 0 Å². The summed E-state index contributed by atoms with van der Waals surface area (Å²) in [6.07, 6.45) is 2.54. The van der Waals surface area contributed by atoms with Gasteiger partial charge in [-0.3, -0.25) is 4.79 Å². The van der Waals surface area contributed by atoms with E-state index in [9.17, 15) is 13.2 Å². The van der Waals surface area contributed by atoms with Gasteiger partial charge in [0, 0.05) is 36.9 Å². The molecule has 0 atom stereocenters. The van der Waals surface area contributed by atoms with Gasteiger partial charge in [0.2, 0.25) is 10.0 Å². The number of nitrogens with zero attached hydrogens (tertiary/aromatic N) is 2. The third kappa shape index (κ3) is 3.83. The minimum absolute atomic E-state index is 0.228. The number of nitrogens with one attached hydrogen (secondary N) is 1. The van der Waals surface area contributed by atoms with Gasteiger partial charge in [0.15, 0.2) is 0 Å². The second kappa shape index (κ2) is 7.35. The second-order valence-electron chi connectivity index (χ2n) is 8.23. The molecule has 1 aromatic heterocycles. The van der Waals surface area contributed by atoms with Crippen molar-refractivity contribution in [2.75, 3.05) is 13.1 Å². The van der Waals surface area contributed by atoms with Crippen molar-refractivity contribution in [2.45, 2.75) is 71.2 Å². The quantitative estimate of drug-likeness (QED) is 0.850. The van der Waals surface area contributed by atoms with E-state index in [0.29, 0.717) is 36.0 Å². The molecule has 0 radical (unpaired) electrons. The highest BCUT2D eigenvalue weighted by Gasteiger charge is 2.35. The first-order valence-electron chi connectivity index (χ1n) is 9.41. The molecule has 0 unspecified atom stereocenters. The van der Waals surface area contributed by atoms with Crippen molar-refractivity contribution in [3.8, 4) is 0 Å². The van der Waals surface area contributed by atoms with E-state index in [1.165, 1.54) is 0 Å². The minimum atomic E-state index is -3.60. The van der Waals surface area contributed by atoms with Gasteiger partial charge in [-0.1, -0.05) is 13.8 Å². The highest BCUT2D eigenvalue weighted by Crippen LogP contribution is 2.31. The van der Waals surface area contributed by atoms with Crippen molar-refractivity contribution in [1.82, 2.24) is 14.2 Å². The average molecular weight is 384 g/mol. The van der Waals surface area contributed by atoms with Crippen LogP contribution in [0.3, 0.4) is 0 Å². The summed E-state index contributed by atoms with van der Waals surface area (Å²) in [4.78, 5) is 13.1. The monoisotopic (exact) mass is 383 g/mol. The van der Waals surface area contributed by atoms with Gasteiger partial charge >= 0.3 is 0 Å². The summed E-state index contributed by atoms with van der Waals surface area (Å²) in [5.41, 5.74) is 1.23. The molecule has 1 fully saturated rings. The molecular formula is C19H33N3O3S. The molecule has 2 heterocycles. The SMILES string of the molecule is CCC(C)(C)NC(=O)c1c(C)c(S(=O)(=O)N2CCC(C)CC2)c(C)n1C. The van der Waals surface area contributed by atoms with Crippen LogP contribution in [0.2, 0.25) is 0 Å². The van der Waals surface area contributed by atoms with Crippen LogP contribution in [0.1, 0.15) is 68.7 Å². The average Bonchev–Trinajstić information content (AvgIpc) is 2.77. The van der Waals surface area contributed by atoms with Crippen LogP contribution in [0.15, 0.2) is 4.90 Å². The maximum atomic E-state index is 13.2. The molecule has 148 valence electrons. The lowest BCUT2D eigenvalue weighted by atomic mass is 10.0. The molecule has 0 saturated carbocycles. The number of sulfonamides is 1. The number of amides is 1. The van der Waals surface area contributed by atoms with Crippen LogP contribution in [0.25, 0.3) is 0 Å². The summed E-state index contributed by atoms with van der Waals surface area (Å²) in [6, 6.07) is 0. The smallest absolute Gasteiger partial charge is 0.268 e. The van der Waals surface area contributed by atoms with Gasteiger partial charge in [-0.05, 0) is 52.9 Å². The lowest BCUT2D eigenvalue weighted by molar-refractivity contribution is 0.0902. The van der Waals surface area contributed by atoms with Crippen LogP contribution in [-0.4, -0.2) is 41.8 Å². The number of carbonyl (C=O) groups is 1. The fraction of sp³-hybridized carbons (Fsp3) is 0.737. The third-order valence-electron chi connectivity index (χ3n) is 5.75. The van der Waals surface area contributed by atoms with Gasteiger partial charge in [-0.25, -0.2) is 8.42 Å². The van der Waals surface area contributed by atoms with Gasteiger partial charge in [0.25, 0.3) is 5.91 Å². The molecule has 1 aromatic rings. The molecule has 0 aromatic carbocycles. The predicted octanol–water partition coefficient (Wildman–Crippen LogP) is 2.98. The molecule has 26 heavy (non-hydrogen) atoms. The maximum absolute atomic E-state index is 13.2. The summed E-state index contributed by atoms with van der Waals surface area (Å²) in [5.74, 6) is 0.325. The van der Waals surface area contributed by atoms with Crippen molar-refractivity contribution in [2.24, 2.45) is 13.0 Å². The Labute approximate surface area is 158 Å². The van der Waals surface area contributed by atoms with E-state index < -0.39 is 10.0 Å². The zero-order valence-electron chi connectivity index (χ0n) is 17.1. The van der Waals surface area contributed by atoms with E-state index in [4.69, 9.17) is 0 Å². The number of carbonyl (C=O) groups excluding carboxylic acids is 1. The molecule has 1 amide bonds. The van der Waals surface area contributed by atoms with E-state index in [0.717, 1.165) is 19.3 Å². The third-order valence-corrected chi connectivity index (χ3v) is 7.92. The zero-order chi connectivity index (χ0) is 19.9. The molecule has 1 aliphatic heterocycles. The lowest BCUT2D eigenvalue weighted by Gasteiger charge is -2.29. The van der Waals surface area contributed by atoms with Crippen molar-refractivity contribution in [3.05, 3.63) is 17.0 Å². The van der Waals surface area contributed by atoms with Crippen molar-refractivity contribution >= 4 is 15.9 Å². The van der Waals surface area contributed by atoms with Crippen LogP contribution in [0.5, 0.6) is 0 Å². The molecular weight excluding hydrogens is 350 g/mol. The Morgan fingerprint density at radius 2 is 1.77 bits per heavy atom. The fourth-order valence-electron chi connectivity index (χ4n) is 3.46. The van der Waals surface area contributed by atoms with E-state index >= 15 is 0 Å². The molecule has 1 N–H and O–H groups in total. The Morgan fingerprint density at radius 1 is 1.23 bits per heavy atom. The van der Waals surface area contributed by atoms with Gasteiger partial charge in [-0.15, -0.1) is 0 Å². The van der Waals surface area contributed by atoms with Crippen LogP contribution in [-0.2, 0) is 17.1 Å². The molecule has 2 rings (SSSR count). The molecule has 0 bridgehead atoms. The lowest BCUT2D eigenvalue weighted by Crippen LogP contribution is -2.43. The van der Waals surface area contributed by atoms with E-state index in [-0.39, 0.29) is 16.3 Å². The summed E-state index contributed by atoms with van der Waals surface area (Å²) >= 11 is 0. The Balaban J connectivity index is 2.44. The largest absolute Gasteiger partial charge is 0.346 e. The summed E-state index contributed by atoms with van der Waals surface area (Å²) < 4.78 is 29.8. The van der Waals surface area contributed by atoms with Crippen molar-refractivity contribution in [3.63, 3.8) is 0 Å². The van der Waals surface area contributed by atoms with E-state index in [2.05, 4.69) is 12.2 Å². The Morgan fingerprint density at radius 3 is 2.27 bits per heavy atom. The fourth-order valence-corrected chi connectivity index (χ4v) is 5.41. The van der Waals surface area contributed by atoms with Gasteiger partial charge in [-0.2, -0.15) is 4.31 Å². The topological polar surface area (TPSA) is 71.4 Å². The summed E-state index contributed by atoms with van der Waals surface area (Å²) in [6.45, 7) is 12.7. The molecule has 1 saturated heterocycles. The number of hydrogen-bond acceptors (Lipinski definition) is 3. The zero-order valence-corrected chi connectivity index (χ0v) is 18.0. The first-order chi connectivity index (χ1) is 11.9. The van der Waals surface area contributed by atoms with Gasteiger partial charge in [0.05, 0.1) is 0 Å². The number of rotatable bonds is 5. The summed E-state index contributed by atoms with van der Waals surface area (Å²) in [5, 5.41) is 3.01.